The predicted molar refractivity (Wildman–Crippen MR) is 45.2 cm³/mol. The molecule has 0 amide bonds. The minimum absolute atomic E-state index is 0.491. The summed E-state index contributed by atoms with van der Waals surface area (Å²) in [6.45, 7) is 0. The van der Waals surface area contributed by atoms with Gasteiger partial charge in [-0.1, -0.05) is 29.3 Å². The average Bonchev–Trinajstić information content (AvgIpc) is 2.35. The van der Waals surface area contributed by atoms with Crippen LogP contribution in [0.1, 0.15) is 9.67 Å². The van der Waals surface area contributed by atoms with E-state index in [0.29, 0.717) is 4.88 Å². The number of thiophene rings is 1. The lowest BCUT2D eigenvalue weighted by Crippen LogP contribution is -2.05. The average molecular weight is 211 g/mol. The first kappa shape index (κ1) is 8.84. The van der Waals surface area contributed by atoms with Gasteiger partial charge in [-0.3, -0.25) is 0 Å². The number of esters is 1. The van der Waals surface area contributed by atoms with Crippen LogP contribution in [0.25, 0.3) is 0 Å². The van der Waals surface area contributed by atoms with E-state index in [4.69, 9.17) is 23.2 Å². The Bertz CT molecular complexity index is 233. The first-order valence-corrected chi connectivity index (χ1v) is 4.48. The highest BCUT2D eigenvalue weighted by molar-refractivity contribution is 7.12. The number of carbonyl (C=O) groups is 1. The summed E-state index contributed by atoms with van der Waals surface area (Å²) in [6, 6.07) is 3.39. The summed E-state index contributed by atoms with van der Waals surface area (Å²) in [5, 5.41) is 0.679. The van der Waals surface area contributed by atoms with Crippen LogP contribution in [0.4, 0.5) is 0 Å². The van der Waals surface area contributed by atoms with Crippen molar-refractivity contribution in [2.45, 2.75) is 5.02 Å². The van der Waals surface area contributed by atoms with E-state index in [1.54, 1.807) is 17.5 Å². The molecule has 1 heterocycles. The van der Waals surface area contributed by atoms with Crippen molar-refractivity contribution < 1.29 is 9.53 Å². The third-order valence-corrected chi connectivity index (χ3v) is 1.95. The molecule has 0 unspecified atom stereocenters. The lowest BCUT2D eigenvalue weighted by molar-refractivity contribution is 0.0541. The molecule has 1 aromatic rings. The summed E-state index contributed by atoms with van der Waals surface area (Å²) in [5.74, 6) is -0.491. The summed E-state index contributed by atoms with van der Waals surface area (Å²) in [4.78, 5) is 11.4. The number of hydrogen-bond acceptors (Lipinski definition) is 3. The van der Waals surface area contributed by atoms with Gasteiger partial charge in [-0.25, -0.2) is 4.79 Å². The Hall–Kier alpha value is -0.250. The maximum absolute atomic E-state index is 10.9. The van der Waals surface area contributed by atoms with Gasteiger partial charge in [-0.15, -0.1) is 11.3 Å². The predicted octanol–water partition coefficient (Wildman–Crippen LogP) is 2.67. The second kappa shape index (κ2) is 3.95. The molecule has 11 heavy (non-hydrogen) atoms. The molecule has 0 atom stereocenters. The van der Waals surface area contributed by atoms with Gasteiger partial charge < -0.3 is 4.74 Å². The topological polar surface area (TPSA) is 26.3 Å². The van der Waals surface area contributed by atoms with Gasteiger partial charge in [0.05, 0.1) is 0 Å². The standard InChI is InChI=1S/C6H4Cl2O2S/c7-6(8)10-5(9)4-2-1-3-11-4/h1-3,6H. The van der Waals surface area contributed by atoms with Crippen LogP contribution in [0, 0.1) is 0 Å². The van der Waals surface area contributed by atoms with Crippen LogP contribution in [0.3, 0.4) is 0 Å². The Morgan fingerprint density at radius 2 is 2.36 bits per heavy atom. The zero-order valence-electron chi connectivity index (χ0n) is 5.29. The van der Waals surface area contributed by atoms with E-state index in [-0.39, 0.29) is 0 Å². The van der Waals surface area contributed by atoms with Gasteiger partial charge in [0.1, 0.15) is 4.88 Å². The highest BCUT2D eigenvalue weighted by Crippen LogP contribution is 2.13. The molecule has 1 aromatic heterocycles. The second-order valence-corrected chi connectivity index (χ2v) is 3.61. The van der Waals surface area contributed by atoms with E-state index < -0.39 is 11.0 Å². The normalized spacial score (nSPS) is 10.1. The smallest absolute Gasteiger partial charge is 0.350 e. The molecule has 0 saturated heterocycles. The van der Waals surface area contributed by atoms with Crippen molar-refractivity contribution in [3.63, 3.8) is 0 Å². The van der Waals surface area contributed by atoms with Gasteiger partial charge in [0.25, 0.3) is 5.02 Å². The zero-order valence-corrected chi connectivity index (χ0v) is 7.62. The Morgan fingerprint density at radius 1 is 1.64 bits per heavy atom. The number of ether oxygens (including phenoxy) is 1. The number of alkyl halides is 2. The maximum Gasteiger partial charge on any atom is 0.350 e. The molecule has 0 fully saturated rings. The van der Waals surface area contributed by atoms with Gasteiger partial charge in [0.15, 0.2) is 0 Å². The molecule has 0 aliphatic carbocycles. The van der Waals surface area contributed by atoms with E-state index in [9.17, 15) is 4.79 Å². The molecule has 0 N–H and O–H groups in total. The fourth-order valence-corrected chi connectivity index (χ4v) is 1.30. The Labute approximate surface area is 77.7 Å². The van der Waals surface area contributed by atoms with Crippen LogP contribution in [0.15, 0.2) is 17.5 Å². The summed E-state index contributed by atoms with van der Waals surface area (Å²) in [6.07, 6.45) is 0. The molecule has 0 saturated carbocycles. The minimum atomic E-state index is -1.09. The van der Waals surface area contributed by atoms with Crippen LogP contribution in [0.5, 0.6) is 0 Å². The van der Waals surface area contributed by atoms with Crippen molar-refractivity contribution in [3.05, 3.63) is 22.4 Å². The van der Waals surface area contributed by atoms with Crippen molar-refractivity contribution in [2.24, 2.45) is 0 Å². The van der Waals surface area contributed by atoms with Crippen LogP contribution in [0.2, 0.25) is 0 Å². The molecule has 0 aliphatic heterocycles. The lowest BCUT2D eigenvalue weighted by atomic mass is 10.5. The van der Waals surface area contributed by atoms with E-state index in [2.05, 4.69) is 4.74 Å². The molecule has 60 valence electrons. The van der Waals surface area contributed by atoms with E-state index >= 15 is 0 Å². The van der Waals surface area contributed by atoms with E-state index in [0.717, 1.165) is 0 Å². The Balaban J connectivity index is 2.57. The van der Waals surface area contributed by atoms with Crippen molar-refractivity contribution in [3.8, 4) is 0 Å². The number of carbonyl (C=O) groups excluding carboxylic acids is 1. The van der Waals surface area contributed by atoms with Gasteiger partial charge in [-0.2, -0.15) is 0 Å². The van der Waals surface area contributed by atoms with Crippen molar-refractivity contribution in [1.82, 2.24) is 0 Å². The Kier molecular flexibility index (Phi) is 3.17. The summed E-state index contributed by atoms with van der Waals surface area (Å²) in [7, 11) is 0. The van der Waals surface area contributed by atoms with Crippen molar-refractivity contribution in [2.75, 3.05) is 0 Å². The van der Waals surface area contributed by atoms with E-state index in [1.807, 2.05) is 0 Å². The number of rotatable bonds is 2. The fourth-order valence-electron chi connectivity index (χ4n) is 0.534. The Morgan fingerprint density at radius 3 is 2.82 bits per heavy atom. The quantitative estimate of drug-likeness (QED) is 0.555. The highest BCUT2D eigenvalue weighted by Gasteiger charge is 2.10. The van der Waals surface area contributed by atoms with Crippen molar-refractivity contribution in [1.29, 1.82) is 0 Å². The number of halogens is 2. The first-order valence-electron chi connectivity index (χ1n) is 2.73. The first-order chi connectivity index (χ1) is 5.20. The SMILES string of the molecule is O=C(OC(Cl)Cl)c1cccs1. The van der Waals surface area contributed by atoms with Crippen LogP contribution in [-0.2, 0) is 4.74 Å². The largest absolute Gasteiger partial charge is 0.427 e. The molecular formula is C6H4Cl2O2S. The van der Waals surface area contributed by atoms with Crippen LogP contribution >= 0.6 is 34.5 Å². The molecular weight excluding hydrogens is 207 g/mol. The van der Waals surface area contributed by atoms with Gasteiger partial charge in [0, 0.05) is 0 Å². The minimum Gasteiger partial charge on any atom is -0.427 e. The maximum atomic E-state index is 10.9. The molecule has 2 nitrogen and oxygen atoms in total. The second-order valence-electron chi connectivity index (χ2n) is 1.64. The zero-order chi connectivity index (χ0) is 8.27. The highest BCUT2D eigenvalue weighted by atomic mass is 35.5. The molecule has 0 aromatic carbocycles. The van der Waals surface area contributed by atoms with E-state index in [1.165, 1.54) is 11.3 Å². The summed E-state index contributed by atoms with van der Waals surface area (Å²) >= 11 is 11.7. The molecule has 0 aliphatic rings. The fraction of sp³-hybridized carbons (Fsp3) is 0.167. The molecule has 5 heteroatoms. The summed E-state index contributed by atoms with van der Waals surface area (Å²) in [5.41, 5.74) is 0. The van der Waals surface area contributed by atoms with Crippen molar-refractivity contribution >= 4 is 40.5 Å². The third-order valence-electron chi connectivity index (χ3n) is 0.918. The van der Waals surface area contributed by atoms with Gasteiger partial charge in [0.2, 0.25) is 0 Å². The third kappa shape index (κ3) is 2.69. The monoisotopic (exact) mass is 210 g/mol. The molecule has 0 spiro atoms. The summed E-state index contributed by atoms with van der Waals surface area (Å²) < 4.78 is 4.50. The van der Waals surface area contributed by atoms with Gasteiger partial charge >= 0.3 is 5.97 Å². The molecule has 0 radical (unpaired) electrons. The molecule has 0 bridgehead atoms. The lowest BCUT2D eigenvalue weighted by Gasteiger charge is -2.00. The van der Waals surface area contributed by atoms with Gasteiger partial charge in [-0.05, 0) is 11.4 Å². The van der Waals surface area contributed by atoms with Crippen LogP contribution in [-0.4, -0.2) is 11.0 Å². The van der Waals surface area contributed by atoms with Crippen LogP contribution < -0.4 is 0 Å². The number of hydrogen-bond donors (Lipinski definition) is 0. The molecule has 1 rings (SSSR count).